The molecule has 114 valence electrons. The first-order chi connectivity index (χ1) is 9.41. The summed E-state index contributed by atoms with van der Waals surface area (Å²) in [6, 6.07) is -1.92. The number of hydrogen-bond acceptors (Lipinski definition) is 4. The van der Waals surface area contributed by atoms with Gasteiger partial charge in [-0.3, -0.25) is 9.59 Å². The van der Waals surface area contributed by atoms with Crippen LogP contribution < -0.4 is 11.1 Å². The molecule has 7 heteroatoms. The number of rotatable bonds is 7. The zero-order chi connectivity index (χ0) is 15.1. The number of carbonyl (C=O) groups is 3. The third kappa shape index (κ3) is 5.16. The summed E-state index contributed by atoms with van der Waals surface area (Å²) in [6.45, 7) is 0. The second-order valence-electron chi connectivity index (χ2n) is 5.26. The molecule has 0 radical (unpaired) electrons. The van der Waals surface area contributed by atoms with E-state index in [2.05, 4.69) is 5.32 Å². The van der Waals surface area contributed by atoms with E-state index in [0.717, 1.165) is 32.1 Å². The van der Waals surface area contributed by atoms with Crippen LogP contribution in [0.4, 0.5) is 0 Å². The van der Waals surface area contributed by atoms with Gasteiger partial charge < -0.3 is 21.3 Å². The monoisotopic (exact) mass is 286 g/mol. The van der Waals surface area contributed by atoms with Crippen molar-refractivity contribution in [1.29, 1.82) is 0 Å². The Morgan fingerprint density at radius 2 is 1.75 bits per heavy atom. The van der Waals surface area contributed by atoms with Gasteiger partial charge in [0.15, 0.2) is 0 Å². The molecule has 1 aliphatic rings. The van der Waals surface area contributed by atoms with Crippen molar-refractivity contribution in [2.24, 2.45) is 11.7 Å². The van der Waals surface area contributed by atoms with Crippen LogP contribution in [-0.2, 0) is 14.4 Å². The molecule has 1 aliphatic carbocycles. The number of carboxylic acids is 2. The van der Waals surface area contributed by atoms with Crippen molar-refractivity contribution >= 4 is 17.8 Å². The average Bonchev–Trinajstić information content (AvgIpc) is 2.42. The fourth-order valence-corrected chi connectivity index (χ4v) is 2.52. The van der Waals surface area contributed by atoms with E-state index >= 15 is 0 Å². The number of carboxylic acid groups (broad SMARTS) is 2. The van der Waals surface area contributed by atoms with Gasteiger partial charge in [-0.25, -0.2) is 4.79 Å². The first kappa shape index (κ1) is 16.4. The topological polar surface area (TPSA) is 130 Å². The third-order valence-corrected chi connectivity index (χ3v) is 3.69. The van der Waals surface area contributed by atoms with Crippen molar-refractivity contribution in [3.63, 3.8) is 0 Å². The first-order valence-electron chi connectivity index (χ1n) is 6.92. The minimum absolute atomic E-state index is 0.00181. The Morgan fingerprint density at radius 1 is 1.15 bits per heavy atom. The Hall–Kier alpha value is -1.63. The summed E-state index contributed by atoms with van der Waals surface area (Å²) >= 11 is 0. The summed E-state index contributed by atoms with van der Waals surface area (Å²) < 4.78 is 0. The van der Waals surface area contributed by atoms with Crippen LogP contribution in [0.5, 0.6) is 0 Å². The largest absolute Gasteiger partial charge is 0.481 e. The van der Waals surface area contributed by atoms with E-state index < -0.39 is 29.9 Å². The minimum atomic E-state index is -1.06. The predicted molar refractivity (Wildman–Crippen MR) is 71.0 cm³/mol. The zero-order valence-electron chi connectivity index (χ0n) is 11.4. The fraction of sp³-hybridized carbons (Fsp3) is 0.769. The fourth-order valence-electron chi connectivity index (χ4n) is 2.52. The highest BCUT2D eigenvalue weighted by Crippen LogP contribution is 2.26. The number of nitrogens with one attached hydrogen (secondary N) is 1. The van der Waals surface area contributed by atoms with Gasteiger partial charge in [0.25, 0.3) is 0 Å². The molecular formula is C13H22N2O5. The van der Waals surface area contributed by atoms with Crippen LogP contribution in [0.25, 0.3) is 0 Å². The second-order valence-corrected chi connectivity index (χ2v) is 5.26. The van der Waals surface area contributed by atoms with Gasteiger partial charge in [-0.1, -0.05) is 19.3 Å². The highest BCUT2D eigenvalue weighted by molar-refractivity contribution is 5.87. The molecule has 5 N–H and O–H groups in total. The minimum Gasteiger partial charge on any atom is -0.481 e. The number of hydrogen-bond donors (Lipinski definition) is 4. The Bertz CT molecular complexity index is 366. The molecule has 20 heavy (non-hydrogen) atoms. The third-order valence-electron chi connectivity index (χ3n) is 3.69. The van der Waals surface area contributed by atoms with Crippen LogP contribution in [-0.4, -0.2) is 40.1 Å². The molecule has 0 aromatic carbocycles. The lowest BCUT2D eigenvalue weighted by Gasteiger charge is -2.28. The predicted octanol–water partition coefficient (Wildman–Crippen LogP) is 0.328. The van der Waals surface area contributed by atoms with Crippen LogP contribution in [0.1, 0.15) is 44.9 Å². The Kier molecular flexibility index (Phi) is 6.44. The maximum atomic E-state index is 11.8. The number of nitrogens with two attached hydrogens (primary N) is 1. The van der Waals surface area contributed by atoms with Gasteiger partial charge in [-0.2, -0.15) is 0 Å². The van der Waals surface area contributed by atoms with E-state index in [9.17, 15) is 19.5 Å². The van der Waals surface area contributed by atoms with Crippen molar-refractivity contribution in [3.05, 3.63) is 0 Å². The van der Waals surface area contributed by atoms with Crippen molar-refractivity contribution in [2.75, 3.05) is 0 Å². The van der Waals surface area contributed by atoms with E-state index in [1.165, 1.54) is 0 Å². The van der Waals surface area contributed by atoms with Crippen molar-refractivity contribution in [2.45, 2.75) is 57.0 Å². The lowest BCUT2D eigenvalue weighted by atomic mass is 9.83. The van der Waals surface area contributed by atoms with Gasteiger partial charge in [0.2, 0.25) is 5.91 Å². The summed E-state index contributed by atoms with van der Waals surface area (Å²) in [5.74, 6) is -2.76. The molecule has 1 rings (SSSR count). The Balaban J connectivity index is 2.53. The van der Waals surface area contributed by atoms with Crippen LogP contribution >= 0.6 is 0 Å². The standard InChI is InChI=1S/C13H22N2O5/c14-9(6-7-10(16)17)12(18)15-11(13(19)20)8-4-2-1-3-5-8/h8-9,11H,1-7,14H2,(H,15,18)(H,16,17)(H,19,20). The van der Waals surface area contributed by atoms with Gasteiger partial charge in [-0.05, 0) is 25.2 Å². The number of carbonyl (C=O) groups excluding carboxylic acids is 1. The lowest BCUT2D eigenvalue weighted by molar-refractivity contribution is -0.144. The van der Waals surface area contributed by atoms with E-state index in [1.807, 2.05) is 0 Å². The van der Waals surface area contributed by atoms with Crippen LogP contribution in [0.3, 0.4) is 0 Å². The van der Waals surface area contributed by atoms with Crippen molar-refractivity contribution in [3.8, 4) is 0 Å². The van der Waals surface area contributed by atoms with E-state index in [0.29, 0.717) is 0 Å². The molecule has 0 saturated heterocycles. The molecule has 1 saturated carbocycles. The molecule has 0 aromatic rings. The summed E-state index contributed by atoms with van der Waals surface area (Å²) in [5.41, 5.74) is 5.58. The lowest BCUT2D eigenvalue weighted by Crippen LogP contribution is -2.51. The van der Waals surface area contributed by atoms with E-state index in [4.69, 9.17) is 10.8 Å². The first-order valence-corrected chi connectivity index (χ1v) is 6.92. The molecule has 7 nitrogen and oxygen atoms in total. The van der Waals surface area contributed by atoms with E-state index in [-0.39, 0.29) is 18.8 Å². The molecule has 0 aliphatic heterocycles. The second kappa shape index (κ2) is 7.84. The van der Waals surface area contributed by atoms with Gasteiger partial charge >= 0.3 is 11.9 Å². The summed E-state index contributed by atoms with van der Waals surface area (Å²) in [5, 5.41) is 20.2. The highest BCUT2D eigenvalue weighted by atomic mass is 16.4. The normalized spacial score (nSPS) is 19.1. The molecule has 0 heterocycles. The summed E-state index contributed by atoms with van der Waals surface area (Å²) in [4.78, 5) is 33.5. The van der Waals surface area contributed by atoms with Crippen LogP contribution in [0.2, 0.25) is 0 Å². The molecule has 1 fully saturated rings. The van der Waals surface area contributed by atoms with Gasteiger partial charge in [0.1, 0.15) is 6.04 Å². The SMILES string of the molecule is NC(CCC(=O)O)C(=O)NC(C(=O)O)C1CCCCC1. The van der Waals surface area contributed by atoms with Crippen LogP contribution in [0, 0.1) is 5.92 Å². The van der Waals surface area contributed by atoms with Gasteiger partial charge in [-0.15, -0.1) is 0 Å². The molecule has 2 atom stereocenters. The number of aliphatic carboxylic acids is 2. The molecule has 2 unspecified atom stereocenters. The van der Waals surface area contributed by atoms with Gasteiger partial charge in [0, 0.05) is 6.42 Å². The highest BCUT2D eigenvalue weighted by Gasteiger charge is 2.31. The van der Waals surface area contributed by atoms with Gasteiger partial charge in [0.05, 0.1) is 6.04 Å². The molecule has 0 aromatic heterocycles. The average molecular weight is 286 g/mol. The Morgan fingerprint density at radius 3 is 2.25 bits per heavy atom. The number of amides is 1. The molecule has 0 spiro atoms. The summed E-state index contributed by atoms with van der Waals surface area (Å²) in [7, 11) is 0. The van der Waals surface area contributed by atoms with Crippen molar-refractivity contribution in [1.82, 2.24) is 5.32 Å². The maximum Gasteiger partial charge on any atom is 0.326 e. The quantitative estimate of drug-likeness (QED) is 0.533. The molecule has 1 amide bonds. The van der Waals surface area contributed by atoms with Crippen molar-refractivity contribution < 1.29 is 24.6 Å². The maximum absolute atomic E-state index is 11.8. The van der Waals surface area contributed by atoms with Crippen LogP contribution in [0.15, 0.2) is 0 Å². The summed E-state index contributed by atoms with van der Waals surface area (Å²) in [6.07, 6.45) is 4.37. The van der Waals surface area contributed by atoms with E-state index in [1.54, 1.807) is 0 Å². The molecule has 0 bridgehead atoms. The smallest absolute Gasteiger partial charge is 0.326 e. The Labute approximate surface area is 117 Å². The molecular weight excluding hydrogens is 264 g/mol. The zero-order valence-corrected chi connectivity index (χ0v) is 11.4.